The molecule has 1 unspecified atom stereocenters. The lowest BCUT2D eigenvalue weighted by Crippen LogP contribution is -2.40. The molecule has 2 aliphatic rings. The second kappa shape index (κ2) is 11.2. The number of nitrogens with zero attached hydrogens (tertiary/aromatic N) is 2. The zero-order valence-electron chi connectivity index (χ0n) is 23.3. The molecule has 1 aromatic heterocycles. The number of nitrogens with one attached hydrogen (secondary N) is 1. The molecule has 5 rings (SSSR count). The summed E-state index contributed by atoms with van der Waals surface area (Å²) in [6.45, 7) is 7.65. The summed E-state index contributed by atoms with van der Waals surface area (Å²) in [7, 11) is 0. The third kappa shape index (κ3) is 7.07. The van der Waals surface area contributed by atoms with Crippen molar-refractivity contribution >= 4 is 28.7 Å². The molecule has 0 saturated carbocycles. The van der Waals surface area contributed by atoms with Crippen LogP contribution >= 0.6 is 0 Å². The summed E-state index contributed by atoms with van der Waals surface area (Å²) in [5.74, 6) is 0.482. The van der Waals surface area contributed by atoms with E-state index in [0.29, 0.717) is 43.9 Å². The Labute approximate surface area is 236 Å². The average molecular weight is 574 g/mol. The summed E-state index contributed by atoms with van der Waals surface area (Å²) in [4.78, 5) is 28.8. The molecule has 2 amide bonds. The Morgan fingerprint density at radius 2 is 1.66 bits per heavy atom. The standard InChI is InChI=1S/C30H34F3N3O5/c1-29(2,3)41-28(38)36-13-10-21(18-36)34-27(37)26-17-19-16-24(8-9-25(19)40-26)39-23-11-14-35(15-12-23)22-6-4-20(5-7-22)30(31,32)33/h4-9,16-17,21,23H,10-15,18H2,1-3H3,(H,34,37). The predicted octanol–water partition coefficient (Wildman–Crippen LogP) is 6.24. The molecule has 0 aliphatic carbocycles. The van der Waals surface area contributed by atoms with E-state index in [1.807, 2.05) is 26.8 Å². The molecule has 41 heavy (non-hydrogen) atoms. The number of likely N-dealkylation sites (tertiary alicyclic amines) is 1. The van der Waals surface area contributed by atoms with Gasteiger partial charge in [0.15, 0.2) is 5.76 Å². The highest BCUT2D eigenvalue weighted by Crippen LogP contribution is 2.32. The van der Waals surface area contributed by atoms with Gasteiger partial charge < -0.3 is 29.0 Å². The SMILES string of the molecule is CC(C)(C)OC(=O)N1CCC(NC(=O)c2cc3cc(OC4CCN(c5ccc(C(F)(F)F)cc5)CC4)ccc3o2)C1. The van der Waals surface area contributed by atoms with Gasteiger partial charge in [0.05, 0.1) is 5.56 Å². The number of hydrogen-bond acceptors (Lipinski definition) is 6. The van der Waals surface area contributed by atoms with Crippen LogP contribution in [0.5, 0.6) is 5.75 Å². The van der Waals surface area contributed by atoms with Crippen LogP contribution in [0.2, 0.25) is 0 Å². The van der Waals surface area contributed by atoms with Crippen molar-refractivity contribution in [1.82, 2.24) is 10.2 Å². The minimum Gasteiger partial charge on any atom is -0.490 e. The van der Waals surface area contributed by atoms with Gasteiger partial charge in [0.25, 0.3) is 5.91 Å². The third-order valence-corrected chi connectivity index (χ3v) is 7.19. The van der Waals surface area contributed by atoms with Crippen LogP contribution in [0.3, 0.4) is 0 Å². The minimum atomic E-state index is -4.35. The second-order valence-electron chi connectivity index (χ2n) is 11.5. The van der Waals surface area contributed by atoms with Crippen LogP contribution in [0.25, 0.3) is 11.0 Å². The maximum atomic E-state index is 12.9. The molecule has 0 bridgehead atoms. The first-order valence-electron chi connectivity index (χ1n) is 13.8. The molecule has 0 spiro atoms. The molecule has 0 radical (unpaired) electrons. The van der Waals surface area contributed by atoms with Crippen molar-refractivity contribution in [3.8, 4) is 5.75 Å². The Bertz CT molecular complexity index is 1390. The smallest absolute Gasteiger partial charge is 0.416 e. The van der Waals surface area contributed by atoms with Crippen LogP contribution in [0, 0.1) is 0 Å². The van der Waals surface area contributed by atoms with Gasteiger partial charge in [-0.05, 0) is 75.7 Å². The number of hydrogen-bond donors (Lipinski definition) is 1. The zero-order chi connectivity index (χ0) is 29.4. The lowest BCUT2D eigenvalue weighted by atomic mass is 10.1. The van der Waals surface area contributed by atoms with Gasteiger partial charge >= 0.3 is 12.3 Å². The quantitative estimate of drug-likeness (QED) is 0.389. The normalized spacial score (nSPS) is 18.5. The van der Waals surface area contributed by atoms with Crippen LogP contribution in [0.1, 0.15) is 56.2 Å². The van der Waals surface area contributed by atoms with E-state index < -0.39 is 23.4 Å². The molecule has 2 aromatic carbocycles. The van der Waals surface area contributed by atoms with E-state index in [4.69, 9.17) is 13.9 Å². The van der Waals surface area contributed by atoms with Crippen molar-refractivity contribution in [2.75, 3.05) is 31.1 Å². The summed E-state index contributed by atoms with van der Waals surface area (Å²) in [6, 6.07) is 12.1. The van der Waals surface area contributed by atoms with Gasteiger partial charge in [-0.25, -0.2) is 4.79 Å². The maximum absolute atomic E-state index is 12.9. The zero-order valence-corrected chi connectivity index (χ0v) is 23.3. The number of carbonyl (C=O) groups excluding carboxylic acids is 2. The van der Waals surface area contributed by atoms with Crippen LogP contribution in [0.15, 0.2) is 52.9 Å². The highest BCUT2D eigenvalue weighted by molar-refractivity contribution is 5.96. The number of rotatable bonds is 5. The van der Waals surface area contributed by atoms with Crippen molar-refractivity contribution in [1.29, 1.82) is 0 Å². The van der Waals surface area contributed by atoms with Gasteiger partial charge in [0, 0.05) is 56.1 Å². The van der Waals surface area contributed by atoms with Gasteiger partial charge in [0.1, 0.15) is 23.0 Å². The number of benzene rings is 2. The van der Waals surface area contributed by atoms with E-state index in [1.54, 1.807) is 23.1 Å². The molecule has 11 heteroatoms. The van der Waals surface area contributed by atoms with Crippen molar-refractivity contribution in [2.24, 2.45) is 0 Å². The number of ether oxygens (including phenoxy) is 2. The average Bonchev–Trinajstić information content (AvgIpc) is 3.55. The largest absolute Gasteiger partial charge is 0.490 e. The Balaban J connectivity index is 1.13. The molecular formula is C30H34F3N3O5. The highest BCUT2D eigenvalue weighted by atomic mass is 19.4. The first-order chi connectivity index (χ1) is 19.3. The molecule has 220 valence electrons. The van der Waals surface area contributed by atoms with Crippen molar-refractivity contribution < 1.29 is 36.7 Å². The Morgan fingerprint density at radius 3 is 2.32 bits per heavy atom. The first-order valence-corrected chi connectivity index (χ1v) is 13.8. The molecular weight excluding hydrogens is 539 g/mol. The van der Waals surface area contributed by atoms with Gasteiger partial charge in [-0.1, -0.05) is 0 Å². The maximum Gasteiger partial charge on any atom is 0.416 e. The van der Waals surface area contributed by atoms with E-state index in [1.165, 1.54) is 12.1 Å². The van der Waals surface area contributed by atoms with E-state index in [2.05, 4.69) is 10.2 Å². The second-order valence-corrected chi connectivity index (χ2v) is 11.5. The van der Waals surface area contributed by atoms with E-state index in [9.17, 15) is 22.8 Å². The monoisotopic (exact) mass is 573 g/mol. The van der Waals surface area contributed by atoms with E-state index >= 15 is 0 Å². The fourth-order valence-corrected chi connectivity index (χ4v) is 5.12. The summed E-state index contributed by atoms with van der Waals surface area (Å²) in [6.07, 6.45) is -2.71. The fourth-order valence-electron chi connectivity index (χ4n) is 5.12. The van der Waals surface area contributed by atoms with Crippen molar-refractivity contribution in [3.05, 3.63) is 59.9 Å². The van der Waals surface area contributed by atoms with Gasteiger partial charge in [-0.15, -0.1) is 0 Å². The van der Waals surface area contributed by atoms with Crippen molar-refractivity contribution in [3.63, 3.8) is 0 Å². The number of piperidine rings is 1. The molecule has 2 fully saturated rings. The molecule has 8 nitrogen and oxygen atoms in total. The Kier molecular flexibility index (Phi) is 7.80. The highest BCUT2D eigenvalue weighted by Gasteiger charge is 2.32. The Hall–Kier alpha value is -3.89. The number of carbonyl (C=O) groups is 2. The van der Waals surface area contributed by atoms with Crippen LogP contribution in [0.4, 0.5) is 23.7 Å². The number of alkyl halides is 3. The Morgan fingerprint density at radius 1 is 0.951 bits per heavy atom. The molecule has 3 heterocycles. The molecule has 3 aromatic rings. The van der Waals surface area contributed by atoms with E-state index in [-0.39, 0.29) is 23.8 Å². The fraction of sp³-hybridized carbons (Fsp3) is 0.467. The van der Waals surface area contributed by atoms with Crippen LogP contribution in [-0.4, -0.2) is 60.8 Å². The molecule has 2 saturated heterocycles. The topological polar surface area (TPSA) is 84.2 Å². The summed E-state index contributed by atoms with van der Waals surface area (Å²) in [5.41, 5.74) is 0.0823. The summed E-state index contributed by atoms with van der Waals surface area (Å²) < 4.78 is 55.9. The van der Waals surface area contributed by atoms with Gasteiger partial charge in [-0.3, -0.25) is 4.79 Å². The molecule has 2 aliphatic heterocycles. The van der Waals surface area contributed by atoms with Crippen molar-refractivity contribution in [2.45, 2.75) is 64.0 Å². The molecule has 1 N–H and O–H groups in total. The number of anilines is 1. The van der Waals surface area contributed by atoms with Gasteiger partial charge in [-0.2, -0.15) is 13.2 Å². The van der Waals surface area contributed by atoms with Crippen LogP contribution < -0.4 is 15.0 Å². The van der Waals surface area contributed by atoms with Gasteiger partial charge in [0.2, 0.25) is 0 Å². The minimum absolute atomic E-state index is 0.0388. The van der Waals surface area contributed by atoms with Crippen LogP contribution in [-0.2, 0) is 10.9 Å². The lowest BCUT2D eigenvalue weighted by molar-refractivity contribution is -0.137. The predicted molar refractivity (Wildman–Crippen MR) is 147 cm³/mol. The number of halogens is 3. The summed E-state index contributed by atoms with van der Waals surface area (Å²) in [5, 5.41) is 3.67. The number of amides is 2. The number of furan rings is 1. The number of fused-ring (bicyclic) bond motifs is 1. The lowest BCUT2D eigenvalue weighted by Gasteiger charge is -2.33. The first kappa shape index (κ1) is 28.6. The summed E-state index contributed by atoms with van der Waals surface area (Å²) >= 11 is 0. The third-order valence-electron chi connectivity index (χ3n) is 7.19. The molecule has 1 atom stereocenters. The van der Waals surface area contributed by atoms with E-state index in [0.717, 1.165) is 36.0 Å².